The summed E-state index contributed by atoms with van der Waals surface area (Å²) in [5.74, 6) is 1.24. The first-order valence-corrected chi connectivity index (χ1v) is 9.22. The molecule has 136 valence electrons. The van der Waals surface area contributed by atoms with E-state index in [0.29, 0.717) is 16.9 Å². The van der Waals surface area contributed by atoms with Crippen molar-refractivity contribution in [2.75, 3.05) is 14.2 Å². The number of aryl methyl sites for hydroxylation is 3. The van der Waals surface area contributed by atoms with Crippen LogP contribution in [0.1, 0.15) is 28.4 Å². The molecule has 3 aromatic rings. The normalized spacial score (nSPS) is 11.8. The summed E-state index contributed by atoms with van der Waals surface area (Å²) in [7, 11) is 3.27. The van der Waals surface area contributed by atoms with Gasteiger partial charge in [-0.1, -0.05) is 29.0 Å². The van der Waals surface area contributed by atoms with Crippen LogP contribution in [0.4, 0.5) is 0 Å². The van der Waals surface area contributed by atoms with Crippen LogP contribution < -0.4 is 14.3 Å². The van der Waals surface area contributed by atoms with E-state index in [1.807, 2.05) is 55.7 Å². The van der Waals surface area contributed by atoms with Crippen LogP contribution in [0.15, 0.2) is 35.3 Å². The number of ether oxygens (including phenoxy) is 2. The first-order valence-electron chi connectivity index (χ1n) is 8.40. The Balaban J connectivity index is 2.24. The molecular formula is C20H22N2O3S. The predicted molar refractivity (Wildman–Crippen MR) is 104 cm³/mol. The smallest absolute Gasteiger partial charge is 0.279 e. The van der Waals surface area contributed by atoms with Gasteiger partial charge in [-0.3, -0.25) is 4.79 Å². The van der Waals surface area contributed by atoms with E-state index in [2.05, 4.69) is 4.99 Å². The van der Waals surface area contributed by atoms with Crippen molar-refractivity contribution in [2.45, 2.75) is 27.3 Å². The van der Waals surface area contributed by atoms with Crippen molar-refractivity contribution in [2.24, 2.45) is 4.99 Å². The van der Waals surface area contributed by atoms with Gasteiger partial charge in [-0.2, -0.15) is 4.99 Å². The molecule has 0 aliphatic heterocycles. The second kappa shape index (κ2) is 7.33. The number of amides is 1. The van der Waals surface area contributed by atoms with E-state index in [-0.39, 0.29) is 5.91 Å². The van der Waals surface area contributed by atoms with Gasteiger partial charge < -0.3 is 14.0 Å². The number of thiazole rings is 1. The van der Waals surface area contributed by atoms with Crippen LogP contribution in [0.25, 0.3) is 10.2 Å². The average molecular weight is 370 g/mol. The first kappa shape index (κ1) is 18.2. The van der Waals surface area contributed by atoms with Crippen LogP contribution in [-0.4, -0.2) is 24.7 Å². The highest BCUT2D eigenvalue weighted by molar-refractivity contribution is 7.16. The molecule has 0 N–H and O–H groups in total. The summed E-state index contributed by atoms with van der Waals surface area (Å²) in [6.45, 7) is 6.63. The maximum Gasteiger partial charge on any atom is 0.279 e. The van der Waals surface area contributed by atoms with Crippen LogP contribution in [0.3, 0.4) is 0 Å². The Kier molecular flexibility index (Phi) is 5.13. The number of aromatic nitrogens is 1. The van der Waals surface area contributed by atoms with Crippen molar-refractivity contribution < 1.29 is 14.3 Å². The van der Waals surface area contributed by atoms with Crippen LogP contribution in [0.2, 0.25) is 0 Å². The Hall–Kier alpha value is -2.60. The number of nitrogens with zero attached hydrogens (tertiary/aromatic N) is 2. The third-order valence-electron chi connectivity index (χ3n) is 4.32. The molecule has 1 amide bonds. The minimum atomic E-state index is -0.241. The minimum Gasteiger partial charge on any atom is -0.495 e. The lowest BCUT2D eigenvalue weighted by Gasteiger charge is -2.08. The van der Waals surface area contributed by atoms with E-state index in [4.69, 9.17) is 9.47 Å². The highest BCUT2D eigenvalue weighted by atomic mass is 32.1. The quantitative estimate of drug-likeness (QED) is 0.695. The Morgan fingerprint density at radius 1 is 1.12 bits per heavy atom. The second-order valence-electron chi connectivity index (χ2n) is 6.01. The average Bonchev–Trinajstić information content (AvgIpc) is 2.98. The standard InChI is InChI=1S/C20H22N2O3S/c1-6-22-17-15(24-4)9-10-16(25-5)18(17)26-20(22)21-19(23)14-8-7-12(2)11-13(14)3/h7-11H,6H2,1-5H3. The molecule has 1 heterocycles. The Morgan fingerprint density at radius 2 is 1.81 bits per heavy atom. The zero-order valence-electron chi connectivity index (χ0n) is 15.6. The number of benzene rings is 2. The Morgan fingerprint density at radius 3 is 2.42 bits per heavy atom. The second-order valence-corrected chi connectivity index (χ2v) is 6.99. The van der Waals surface area contributed by atoms with Crippen LogP contribution in [0.5, 0.6) is 11.5 Å². The van der Waals surface area contributed by atoms with Crippen LogP contribution in [-0.2, 0) is 6.54 Å². The van der Waals surface area contributed by atoms with Gasteiger partial charge in [-0.25, -0.2) is 0 Å². The van der Waals surface area contributed by atoms with E-state index < -0.39 is 0 Å². The molecular weight excluding hydrogens is 348 g/mol. The molecule has 0 saturated carbocycles. The molecule has 0 unspecified atom stereocenters. The third kappa shape index (κ3) is 3.12. The number of carbonyl (C=O) groups excluding carboxylic acids is 1. The SMILES string of the molecule is CCn1c(=NC(=O)c2ccc(C)cc2C)sc2c(OC)ccc(OC)c21. The maximum absolute atomic E-state index is 12.8. The lowest BCUT2D eigenvalue weighted by molar-refractivity contribution is 0.0997. The van der Waals surface area contributed by atoms with Crippen molar-refractivity contribution in [1.29, 1.82) is 0 Å². The molecule has 0 saturated heterocycles. The molecule has 6 heteroatoms. The number of hydrogen-bond donors (Lipinski definition) is 0. The van der Waals surface area contributed by atoms with Gasteiger partial charge >= 0.3 is 0 Å². The summed E-state index contributed by atoms with van der Waals surface area (Å²) in [5, 5.41) is 0. The van der Waals surface area contributed by atoms with Gasteiger partial charge in [0.25, 0.3) is 5.91 Å². The predicted octanol–water partition coefficient (Wildman–Crippen LogP) is 4.10. The molecule has 2 aromatic carbocycles. The molecule has 0 aliphatic rings. The van der Waals surface area contributed by atoms with E-state index in [9.17, 15) is 4.79 Å². The number of hydrogen-bond acceptors (Lipinski definition) is 4. The molecule has 0 aliphatic carbocycles. The molecule has 0 bridgehead atoms. The van der Waals surface area contributed by atoms with Crippen LogP contribution in [0, 0.1) is 13.8 Å². The summed E-state index contributed by atoms with van der Waals surface area (Å²) in [6, 6.07) is 9.50. The van der Waals surface area contributed by atoms with Crippen molar-refractivity contribution in [3.63, 3.8) is 0 Å². The number of fused-ring (bicyclic) bond motifs is 1. The maximum atomic E-state index is 12.8. The fraction of sp³-hybridized carbons (Fsp3) is 0.300. The Labute approximate surface area is 156 Å². The fourth-order valence-corrected chi connectivity index (χ4v) is 4.23. The molecule has 3 rings (SSSR count). The molecule has 26 heavy (non-hydrogen) atoms. The molecule has 0 atom stereocenters. The molecule has 5 nitrogen and oxygen atoms in total. The first-order chi connectivity index (χ1) is 12.5. The van der Waals surface area contributed by atoms with E-state index >= 15 is 0 Å². The van der Waals surface area contributed by atoms with Gasteiger partial charge in [0.15, 0.2) is 4.80 Å². The topological polar surface area (TPSA) is 52.8 Å². The molecule has 0 fully saturated rings. The van der Waals surface area contributed by atoms with E-state index in [0.717, 1.165) is 32.8 Å². The Bertz CT molecular complexity index is 1050. The number of carbonyl (C=O) groups is 1. The summed E-state index contributed by atoms with van der Waals surface area (Å²) >= 11 is 1.43. The fourth-order valence-electron chi connectivity index (χ4n) is 3.03. The zero-order valence-corrected chi connectivity index (χ0v) is 16.4. The van der Waals surface area contributed by atoms with Crippen molar-refractivity contribution in [3.05, 3.63) is 51.8 Å². The summed E-state index contributed by atoms with van der Waals surface area (Å²) in [5.41, 5.74) is 3.57. The molecule has 0 spiro atoms. The van der Waals surface area contributed by atoms with E-state index in [1.165, 1.54) is 11.3 Å². The lowest BCUT2D eigenvalue weighted by atomic mass is 10.1. The summed E-state index contributed by atoms with van der Waals surface area (Å²) in [4.78, 5) is 17.8. The van der Waals surface area contributed by atoms with E-state index in [1.54, 1.807) is 14.2 Å². The lowest BCUT2D eigenvalue weighted by Crippen LogP contribution is -2.16. The largest absolute Gasteiger partial charge is 0.495 e. The van der Waals surface area contributed by atoms with Gasteiger partial charge in [0, 0.05) is 12.1 Å². The molecule has 0 radical (unpaired) electrons. The van der Waals surface area contributed by atoms with Gasteiger partial charge in [-0.15, -0.1) is 0 Å². The van der Waals surface area contributed by atoms with Gasteiger partial charge in [0.1, 0.15) is 21.7 Å². The minimum absolute atomic E-state index is 0.241. The molecule has 1 aromatic heterocycles. The van der Waals surface area contributed by atoms with Gasteiger partial charge in [0.2, 0.25) is 0 Å². The van der Waals surface area contributed by atoms with Crippen LogP contribution >= 0.6 is 11.3 Å². The number of rotatable bonds is 4. The zero-order chi connectivity index (χ0) is 18.8. The van der Waals surface area contributed by atoms with Gasteiger partial charge in [-0.05, 0) is 44.5 Å². The summed E-state index contributed by atoms with van der Waals surface area (Å²) in [6.07, 6.45) is 0. The van der Waals surface area contributed by atoms with Crippen molar-refractivity contribution >= 4 is 27.5 Å². The van der Waals surface area contributed by atoms with Crippen molar-refractivity contribution in [3.8, 4) is 11.5 Å². The van der Waals surface area contributed by atoms with Crippen molar-refractivity contribution in [1.82, 2.24) is 4.57 Å². The monoisotopic (exact) mass is 370 g/mol. The highest BCUT2D eigenvalue weighted by Crippen LogP contribution is 2.35. The third-order valence-corrected chi connectivity index (χ3v) is 5.41. The highest BCUT2D eigenvalue weighted by Gasteiger charge is 2.16. The van der Waals surface area contributed by atoms with Gasteiger partial charge in [0.05, 0.1) is 14.2 Å². The summed E-state index contributed by atoms with van der Waals surface area (Å²) < 4.78 is 13.9. The number of methoxy groups -OCH3 is 2.